The highest BCUT2D eigenvalue weighted by Crippen LogP contribution is 2.16. The third kappa shape index (κ3) is 3.86. The second-order valence-corrected chi connectivity index (χ2v) is 7.37. The lowest BCUT2D eigenvalue weighted by Gasteiger charge is -2.14. The van der Waals surface area contributed by atoms with Crippen molar-refractivity contribution in [1.82, 2.24) is 14.7 Å². The van der Waals surface area contributed by atoms with Gasteiger partial charge in [0.2, 0.25) is 11.5 Å². The molecule has 0 bridgehead atoms. The third-order valence-corrected chi connectivity index (χ3v) is 5.35. The lowest BCUT2D eigenvalue weighted by atomic mass is 10.1. The minimum atomic E-state index is -0.331. The Kier molecular flexibility index (Phi) is 5.91. The second-order valence-electron chi connectivity index (χ2n) is 7.37. The van der Waals surface area contributed by atoms with Crippen molar-refractivity contribution in [1.29, 1.82) is 0 Å². The van der Waals surface area contributed by atoms with Gasteiger partial charge in [-0.3, -0.25) is 14.0 Å². The van der Waals surface area contributed by atoms with Gasteiger partial charge in [-0.05, 0) is 31.0 Å². The molecule has 1 aliphatic rings. The zero-order chi connectivity index (χ0) is 21.1. The fourth-order valence-electron chi connectivity index (χ4n) is 3.78. The van der Waals surface area contributed by atoms with Crippen molar-refractivity contribution in [2.24, 2.45) is 0 Å². The molecule has 3 aromatic heterocycles. The highest BCUT2D eigenvalue weighted by atomic mass is 16.5. The molecule has 4 heterocycles. The number of nitrogen functional groups attached to an aromatic ring is 1. The van der Waals surface area contributed by atoms with E-state index in [1.165, 1.54) is 10.5 Å². The van der Waals surface area contributed by atoms with Gasteiger partial charge in [0.05, 0.1) is 12.6 Å². The van der Waals surface area contributed by atoms with Gasteiger partial charge in [-0.15, -0.1) is 0 Å². The summed E-state index contributed by atoms with van der Waals surface area (Å²) in [5, 5.41) is 3.23. The van der Waals surface area contributed by atoms with Crippen molar-refractivity contribution in [3.63, 3.8) is 0 Å². The molecule has 1 aliphatic heterocycles. The lowest BCUT2D eigenvalue weighted by molar-refractivity contribution is -0.659. The maximum Gasteiger partial charge on any atom is 0.278 e. The number of nitrogens with one attached hydrogen (secondary N) is 1. The van der Waals surface area contributed by atoms with E-state index in [0.717, 1.165) is 12.8 Å². The predicted molar refractivity (Wildman–Crippen MR) is 111 cm³/mol. The van der Waals surface area contributed by atoms with Gasteiger partial charge in [-0.1, -0.05) is 11.1 Å². The Hall–Kier alpha value is -3.04. The van der Waals surface area contributed by atoms with Crippen LogP contribution in [-0.2, 0) is 16.0 Å². The van der Waals surface area contributed by atoms with Crippen LogP contribution in [0.25, 0.3) is 16.7 Å². The van der Waals surface area contributed by atoms with Crippen molar-refractivity contribution < 1.29 is 18.8 Å². The van der Waals surface area contributed by atoms with Gasteiger partial charge < -0.3 is 20.5 Å². The number of fused-ring (bicyclic) bond motifs is 2. The monoisotopic (exact) mass is 412 g/mol. The maximum absolute atomic E-state index is 13.1. The number of carbonyl (C=O) groups excluding carboxylic acids is 1. The molecule has 1 saturated heterocycles. The van der Waals surface area contributed by atoms with Gasteiger partial charge >= 0.3 is 0 Å². The first kappa shape index (κ1) is 20.2. The Balaban J connectivity index is 1.80. The number of hydrogen-bond donors (Lipinski definition) is 2. The molecule has 0 aliphatic carbocycles. The van der Waals surface area contributed by atoms with Crippen LogP contribution in [0.3, 0.4) is 0 Å². The first-order valence-electron chi connectivity index (χ1n) is 10.1. The maximum atomic E-state index is 13.1. The Morgan fingerprint density at radius 2 is 2.33 bits per heavy atom. The molecule has 1 atom stereocenters. The smallest absolute Gasteiger partial charge is 0.278 e. The number of methoxy groups -OCH3 is 1. The van der Waals surface area contributed by atoms with Crippen molar-refractivity contribution in [3.8, 4) is 0 Å². The number of nitrogens with two attached hydrogens (primary N) is 1. The Morgan fingerprint density at radius 3 is 3.10 bits per heavy atom. The van der Waals surface area contributed by atoms with Crippen LogP contribution in [-0.4, -0.2) is 48.3 Å². The summed E-state index contributed by atoms with van der Waals surface area (Å²) in [6, 6.07) is 6.88. The van der Waals surface area contributed by atoms with Crippen molar-refractivity contribution in [2.75, 3.05) is 32.6 Å². The molecule has 0 radical (unpaired) electrons. The van der Waals surface area contributed by atoms with E-state index in [9.17, 15) is 9.59 Å². The molecule has 158 valence electrons. The summed E-state index contributed by atoms with van der Waals surface area (Å²) in [4.78, 5) is 30.7. The number of ether oxygens (including phenoxy) is 2. The highest BCUT2D eigenvalue weighted by Gasteiger charge is 2.25. The summed E-state index contributed by atoms with van der Waals surface area (Å²) in [6.07, 6.45) is 4.25. The normalized spacial score (nSPS) is 16.4. The van der Waals surface area contributed by atoms with Gasteiger partial charge in [0.1, 0.15) is 10.9 Å². The van der Waals surface area contributed by atoms with Crippen LogP contribution in [0.1, 0.15) is 29.6 Å². The minimum absolute atomic E-state index is 0.0145. The van der Waals surface area contributed by atoms with Gasteiger partial charge in [-0.2, -0.15) is 0 Å². The number of aromatic nitrogens is 3. The molecule has 0 aromatic carbocycles. The molecule has 3 aromatic rings. The quantitative estimate of drug-likeness (QED) is 0.335. The van der Waals surface area contributed by atoms with Crippen LogP contribution in [0.4, 0.5) is 5.82 Å². The number of pyridine rings is 2. The van der Waals surface area contributed by atoms with E-state index in [2.05, 4.69) is 10.3 Å². The second kappa shape index (κ2) is 8.76. The zero-order valence-electron chi connectivity index (χ0n) is 17.0. The lowest BCUT2D eigenvalue weighted by Crippen LogP contribution is -2.43. The minimum Gasteiger partial charge on any atom is -0.385 e. The number of carbonyl (C=O) groups is 1. The molecule has 0 spiro atoms. The Morgan fingerprint density at radius 1 is 1.47 bits per heavy atom. The number of aryl methyl sites for hydroxylation is 1. The molecule has 3 N–H and O–H groups in total. The molecule has 1 fully saturated rings. The molecule has 1 amide bonds. The number of anilines is 1. The van der Waals surface area contributed by atoms with E-state index in [-0.39, 0.29) is 29.0 Å². The van der Waals surface area contributed by atoms with E-state index in [0.29, 0.717) is 49.4 Å². The van der Waals surface area contributed by atoms with Crippen LogP contribution in [0.15, 0.2) is 35.3 Å². The van der Waals surface area contributed by atoms with Crippen LogP contribution in [0, 0.1) is 0 Å². The molecular weight excluding hydrogens is 386 g/mol. The van der Waals surface area contributed by atoms with Crippen LogP contribution < -0.4 is 21.2 Å². The number of hydrogen-bond acceptors (Lipinski definition) is 6. The largest absolute Gasteiger partial charge is 0.385 e. The first-order chi connectivity index (χ1) is 14.6. The van der Waals surface area contributed by atoms with Crippen LogP contribution >= 0.6 is 0 Å². The SMILES string of the molecule is COCCC[n+]1c(N)c(C(=O)NC[C@H]2CCCO2)cc2c(=O)n3ccccc3nc21. The molecular formula is C21H26N5O4+. The van der Waals surface area contributed by atoms with Crippen LogP contribution in [0.2, 0.25) is 0 Å². The van der Waals surface area contributed by atoms with Gasteiger partial charge in [0.25, 0.3) is 17.1 Å². The first-order valence-corrected chi connectivity index (χ1v) is 10.1. The molecule has 30 heavy (non-hydrogen) atoms. The van der Waals surface area contributed by atoms with E-state index in [4.69, 9.17) is 15.2 Å². The fraction of sp³-hybridized carbons (Fsp3) is 0.429. The Bertz CT molecular complexity index is 1140. The zero-order valence-corrected chi connectivity index (χ0v) is 17.0. The third-order valence-electron chi connectivity index (χ3n) is 5.35. The van der Waals surface area contributed by atoms with E-state index in [1.807, 2.05) is 6.07 Å². The van der Waals surface area contributed by atoms with E-state index < -0.39 is 0 Å². The summed E-state index contributed by atoms with van der Waals surface area (Å²) >= 11 is 0. The van der Waals surface area contributed by atoms with Crippen LogP contribution in [0.5, 0.6) is 0 Å². The van der Waals surface area contributed by atoms with Crippen molar-refractivity contribution in [2.45, 2.75) is 31.9 Å². The fourth-order valence-corrected chi connectivity index (χ4v) is 3.78. The molecule has 9 nitrogen and oxygen atoms in total. The average Bonchev–Trinajstić information content (AvgIpc) is 3.27. The standard InChI is InChI=1S/C21H25N5O4/c1-29-10-5-9-26-18(22)15(20(27)23-13-14-6-4-11-30-14)12-16-19(26)24-17-7-2-3-8-25(17)21(16)28/h2-3,7-8,12,14,22H,4-6,9-11,13H2,1H3,(H,23,27)/p+1/t14-/m1/s1. The summed E-state index contributed by atoms with van der Waals surface area (Å²) in [5.74, 6) is -0.0569. The summed E-state index contributed by atoms with van der Waals surface area (Å²) in [6.45, 7) is 2.12. The summed E-state index contributed by atoms with van der Waals surface area (Å²) < 4.78 is 13.9. The predicted octanol–water partition coefficient (Wildman–Crippen LogP) is 0.663. The van der Waals surface area contributed by atoms with E-state index >= 15 is 0 Å². The number of nitrogens with zero attached hydrogens (tertiary/aromatic N) is 3. The van der Waals surface area contributed by atoms with E-state index in [1.54, 1.807) is 30.0 Å². The molecule has 9 heteroatoms. The van der Waals surface area contributed by atoms with Crippen molar-refractivity contribution >= 4 is 28.4 Å². The number of rotatable bonds is 7. The molecule has 4 rings (SSSR count). The average molecular weight is 412 g/mol. The Labute approximate surface area is 173 Å². The molecule has 0 unspecified atom stereocenters. The topological polar surface area (TPSA) is 112 Å². The van der Waals surface area contributed by atoms with Gasteiger partial charge in [0, 0.05) is 39.5 Å². The van der Waals surface area contributed by atoms with Crippen molar-refractivity contribution in [3.05, 3.63) is 46.4 Å². The molecule has 0 saturated carbocycles. The summed E-state index contributed by atoms with van der Waals surface area (Å²) in [7, 11) is 1.62. The summed E-state index contributed by atoms with van der Waals surface area (Å²) in [5.41, 5.74) is 7.38. The number of amides is 1. The highest BCUT2D eigenvalue weighted by molar-refractivity contribution is 6.00. The van der Waals surface area contributed by atoms with Gasteiger partial charge in [-0.25, -0.2) is 4.57 Å². The van der Waals surface area contributed by atoms with Gasteiger partial charge in [0.15, 0.2) is 0 Å².